The fourth-order valence-electron chi connectivity index (χ4n) is 2.24. The first-order valence-corrected chi connectivity index (χ1v) is 8.01. The minimum atomic E-state index is 0.150. The van der Waals surface area contributed by atoms with E-state index in [1.807, 2.05) is 0 Å². The molecule has 3 heteroatoms. The highest BCUT2D eigenvalue weighted by Gasteiger charge is 2.22. The number of rotatable bonds is 4. The summed E-state index contributed by atoms with van der Waals surface area (Å²) < 4.78 is 0. The molecule has 0 spiro atoms. The number of carbonyl (C=O) groups is 1. The number of halogens is 1. The Morgan fingerprint density at radius 2 is 1.71 bits per heavy atom. The second-order valence-corrected chi connectivity index (χ2v) is 6.62. The van der Waals surface area contributed by atoms with Crippen molar-refractivity contribution in [1.82, 2.24) is 5.32 Å². The van der Waals surface area contributed by atoms with Gasteiger partial charge in [-0.25, -0.2) is 0 Å². The lowest BCUT2D eigenvalue weighted by atomic mass is 9.90. The van der Waals surface area contributed by atoms with Gasteiger partial charge in [0.05, 0.1) is 0 Å². The van der Waals surface area contributed by atoms with E-state index in [1.165, 1.54) is 32.1 Å². The zero-order chi connectivity index (χ0) is 12.7. The number of nitrogens with one attached hydrogen (secondary N) is 1. The Hall–Kier alpha value is -0.0500. The van der Waals surface area contributed by atoms with Crippen LogP contribution in [0, 0.1) is 11.3 Å². The van der Waals surface area contributed by atoms with Gasteiger partial charge in [-0.2, -0.15) is 0 Å². The van der Waals surface area contributed by atoms with Gasteiger partial charge in [0.15, 0.2) is 0 Å². The van der Waals surface area contributed by atoms with Gasteiger partial charge in [0.25, 0.3) is 0 Å². The van der Waals surface area contributed by atoms with Crippen molar-refractivity contribution in [3.63, 3.8) is 0 Å². The summed E-state index contributed by atoms with van der Waals surface area (Å²) in [6, 6.07) is 0. The molecule has 0 unspecified atom stereocenters. The molecule has 1 N–H and O–H groups in total. The molecule has 0 heterocycles. The summed E-state index contributed by atoms with van der Waals surface area (Å²) in [7, 11) is 0. The van der Waals surface area contributed by atoms with E-state index in [-0.39, 0.29) is 17.2 Å². The molecule has 1 saturated carbocycles. The molecule has 0 bridgehead atoms. The van der Waals surface area contributed by atoms with Crippen LogP contribution in [0.15, 0.2) is 0 Å². The number of alkyl halides is 1. The highest BCUT2D eigenvalue weighted by molar-refractivity contribution is 9.09. The molecule has 17 heavy (non-hydrogen) atoms. The smallest absolute Gasteiger partial charge is 0.223 e. The third-order valence-corrected chi connectivity index (χ3v) is 5.10. The zero-order valence-corrected chi connectivity index (χ0v) is 12.8. The Kier molecular flexibility index (Phi) is 6.53. The van der Waals surface area contributed by atoms with Crippen molar-refractivity contribution < 1.29 is 4.79 Å². The minimum Gasteiger partial charge on any atom is -0.355 e. The summed E-state index contributed by atoms with van der Waals surface area (Å²) in [5.74, 6) is 0.544. The molecule has 0 radical (unpaired) electrons. The molecular weight excluding hydrogens is 278 g/mol. The molecule has 0 aliphatic heterocycles. The standard InChI is InChI=1S/C14H26BrNO/c1-14(2,10-15)11-16-13(17)12-8-6-4-3-5-7-9-12/h12H,3-11H2,1-2H3,(H,16,17). The van der Waals surface area contributed by atoms with Crippen molar-refractivity contribution in [3.8, 4) is 0 Å². The summed E-state index contributed by atoms with van der Waals surface area (Å²) in [6.07, 6.45) is 8.57. The third-order valence-electron chi connectivity index (χ3n) is 3.58. The van der Waals surface area contributed by atoms with Gasteiger partial charge in [0.1, 0.15) is 0 Å². The second-order valence-electron chi connectivity index (χ2n) is 6.06. The van der Waals surface area contributed by atoms with Gasteiger partial charge in [-0.15, -0.1) is 0 Å². The molecule has 0 atom stereocenters. The van der Waals surface area contributed by atoms with Crippen LogP contribution in [0.5, 0.6) is 0 Å². The quantitative estimate of drug-likeness (QED) is 0.785. The number of hydrogen-bond acceptors (Lipinski definition) is 1. The van der Waals surface area contributed by atoms with Crippen molar-refractivity contribution in [2.24, 2.45) is 11.3 Å². The Labute approximate surface area is 114 Å². The van der Waals surface area contributed by atoms with Crippen LogP contribution in [-0.2, 0) is 4.79 Å². The first kappa shape index (κ1) is 15.0. The van der Waals surface area contributed by atoms with E-state index in [0.29, 0.717) is 0 Å². The molecule has 0 aromatic carbocycles. The highest BCUT2D eigenvalue weighted by atomic mass is 79.9. The maximum absolute atomic E-state index is 12.1. The van der Waals surface area contributed by atoms with Crippen LogP contribution in [0.3, 0.4) is 0 Å². The monoisotopic (exact) mass is 303 g/mol. The van der Waals surface area contributed by atoms with Crippen LogP contribution in [0.1, 0.15) is 58.8 Å². The summed E-state index contributed by atoms with van der Waals surface area (Å²) in [5, 5.41) is 4.04. The van der Waals surface area contributed by atoms with Crippen molar-refractivity contribution in [2.45, 2.75) is 58.8 Å². The minimum absolute atomic E-state index is 0.150. The van der Waals surface area contributed by atoms with E-state index in [1.54, 1.807) is 0 Å². The van der Waals surface area contributed by atoms with Crippen LogP contribution < -0.4 is 5.32 Å². The normalized spacial score (nSPS) is 19.5. The number of hydrogen-bond donors (Lipinski definition) is 1. The molecule has 1 rings (SSSR count). The Morgan fingerprint density at radius 1 is 1.18 bits per heavy atom. The first-order chi connectivity index (χ1) is 8.05. The highest BCUT2D eigenvalue weighted by Crippen LogP contribution is 2.23. The van der Waals surface area contributed by atoms with E-state index in [9.17, 15) is 4.79 Å². The number of carbonyl (C=O) groups excluding carboxylic acids is 1. The Morgan fingerprint density at radius 3 is 2.24 bits per heavy atom. The van der Waals surface area contributed by atoms with Crippen LogP contribution in [0.25, 0.3) is 0 Å². The van der Waals surface area contributed by atoms with E-state index in [0.717, 1.165) is 24.7 Å². The zero-order valence-electron chi connectivity index (χ0n) is 11.2. The van der Waals surface area contributed by atoms with Gasteiger partial charge >= 0.3 is 0 Å². The summed E-state index contributed by atoms with van der Waals surface area (Å²) in [4.78, 5) is 12.1. The summed E-state index contributed by atoms with van der Waals surface area (Å²) in [5.41, 5.74) is 0.150. The maximum atomic E-state index is 12.1. The first-order valence-electron chi connectivity index (χ1n) is 6.89. The molecule has 1 amide bonds. The fraction of sp³-hybridized carbons (Fsp3) is 0.929. The lowest BCUT2D eigenvalue weighted by Crippen LogP contribution is -2.38. The average Bonchev–Trinajstić information content (AvgIpc) is 2.26. The molecule has 1 aliphatic carbocycles. The third kappa shape index (κ3) is 5.89. The van der Waals surface area contributed by atoms with Crippen LogP contribution in [-0.4, -0.2) is 17.8 Å². The van der Waals surface area contributed by atoms with Gasteiger partial charge in [-0.3, -0.25) is 4.79 Å². The van der Waals surface area contributed by atoms with Gasteiger partial charge in [0.2, 0.25) is 5.91 Å². The van der Waals surface area contributed by atoms with Crippen molar-refractivity contribution in [1.29, 1.82) is 0 Å². The van der Waals surface area contributed by atoms with E-state index < -0.39 is 0 Å². The van der Waals surface area contributed by atoms with Crippen molar-refractivity contribution in [2.75, 3.05) is 11.9 Å². The molecule has 1 aliphatic rings. The molecule has 0 aromatic rings. The van der Waals surface area contributed by atoms with Crippen LogP contribution in [0.2, 0.25) is 0 Å². The largest absolute Gasteiger partial charge is 0.355 e. The molecule has 2 nitrogen and oxygen atoms in total. The Bertz CT molecular complexity index is 232. The topological polar surface area (TPSA) is 29.1 Å². The van der Waals surface area contributed by atoms with Crippen molar-refractivity contribution in [3.05, 3.63) is 0 Å². The summed E-state index contributed by atoms with van der Waals surface area (Å²) in [6.45, 7) is 5.11. The lowest BCUT2D eigenvalue weighted by molar-refractivity contribution is -0.126. The van der Waals surface area contributed by atoms with E-state index in [2.05, 4.69) is 35.1 Å². The van der Waals surface area contributed by atoms with Crippen molar-refractivity contribution >= 4 is 21.8 Å². The second kappa shape index (κ2) is 7.40. The SMILES string of the molecule is CC(C)(CBr)CNC(=O)C1CCCCCCC1. The fourth-order valence-corrected chi connectivity index (χ4v) is 2.43. The van der Waals surface area contributed by atoms with Gasteiger partial charge in [-0.05, 0) is 18.3 Å². The molecule has 0 aromatic heterocycles. The van der Waals surface area contributed by atoms with Gasteiger partial charge < -0.3 is 5.32 Å². The lowest BCUT2D eigenvalue weighted by Gasteiger charge is -2.25. The van der Waals surface area contributed by atoms with Gasteiger partial charge in [0, 0.05) is 17.8 Å². The van der Waals surface area contributed by atoms with Crippen LogP contribution in [0.4, 0.5) is 0 Å². The molecule has 0 saturated heterocycles. The molecule has 100 valence electrons. The average molecular weight is 304 g/mol. The predicted molar refractivity (Wildman–Crippen MR) is 76.4 cm³/mol. The number of amides is 1. The van der Waals surface area contributed by atoms with Gasteiger partial charge in [-0.1, -0.05) is 61.9 Å². The summed E-state index contributed by atoms with van der Waals surface area (Å²) >= 11 is 3.49. The van der Waals surface area contributed by atoms with Crippen LogP contribution >= 0.6 is 15.9 Å². The van der Waals surface area contributed by atoms with E-state index in [4.69, 9.17) is 0 Å². The van der Waals surface area contributed by atoms with E-state index >= 15 is 0 Å². The Balaban J connectivity index is 2.34. The maximum Gasteiger partial charge on any atom is 0.223 e. The molecule has 1 fully saturated rings. The predicted octanol–water partition coefficient (Wildman–Crippen LogP) is 3.88. The molecular formula is C14H26BrNO.